The Balaban J connectivity index is 0. The van der Waals surface area contributed by atoms with E-state index >= 15 is 0 Å². The van der Waals surface area contributed by atoms with E-state index in [-0.39, 0.29) is 54.2 Å². The smallest absolute Gasteiger partial charge is 0.268 e. The summed E-state index contributed by atoms with van der Waals surface area (Å²) in [6, 6.07) is 0. The van der Waals surface area contributed by atoms with E-state index in [4.69, 9.17) is 5.73 Å². The fourth-order valence-corrected chi connectivity index (χ4v) is 3.13. The Bertz CT molecular complexity index is 388. The number of Topliss-reactive ketones (excluding diaryl/α,β-unsaturated/α-hetero) is 1. The monoisotopic (exact) mass is 372 g/mol. The van der Waals surface area contributed by atoms with E-state index in [2.05, 4.69) is 11.1 Å². The molecule has 0 fully saturated rings. The number of rotatable bonds is 17. The van der Waals surface area contributed by atoms with Gasteiger partial charge in [-0.3, -0.25) is 8.98 Å². The van der Waals surface area contributed by atoms with Crippen LogP contribution in [0.15, 0.2) is 0 Å². The van der Waals surface area contributed by atoms with Crippen molar-refractivity contribution in [3.8, 4) is 0 Å². The van der Waals surface area contributed by atoms with Gasteiger partial charge in [0.1, 0.15) is 6.61 Å². The van der Waals surface area contributed by atoms with Crippen LogP contribution < -0.4 is 5.73 Å². The van der Waals surface area contributed by atoms with Gasteiger partial charge in [0.15, 0.2) is 5.78 Å². The molecule has 0 unspecified atom stereocenters. The molecule has 0 rings (SSSR count). The summed E-state index contributed by atoms with van der Waals surface area (Å²) in [6.45, 7) is 1.89. The molecule has 0 bridgehead atoms. The molecule has 0 aliphatic rings. The molecular formula is C17H35NNaO4S. The molecule has 0 amide bonds. The second kappa shape index (κ2) is 18.3. The van der Waals surface area contributed by atoms with Crippen LogP contribution in [-0.4, -0.2) is 62.7 Å². The normalized spacial score (nSPS) is 11.2. The van der Waals surface area contributed by atoms with Crippen molar-refractivity contribution in [1.82, 2.24) is 0 Å². The summed E-state index contributed by atoms with van der Waals surface area (Å²) in [4.78, 5) is 11.5. The van der Waals surface area contributed by atoms with Gasteiger partial charge in [0.2, 0.25) is 0 Å². The number of hydrogen-bond acceptors (Lipinski definition) is 5. The van der Waals surface area contributed by atoms with Crippen molar-refractivity contribution in [2.75, 3.05) is 18.9 Å². The maximum absolute atomic E-state index is 11.5. The van der Waals surface area contributed by atoms with E-state index in [1.165, 1.54) is 51.4 Å². The second-order valence-corrected chi connectivity index (χ2v) is 7.90. The maximum Gasteiger partial charge on any atom is 0.268 e. The van der Waals surface area contributed by atoms with Crippen LogP contribution in [0.25, 0.3) is 0 Å². The van der Waals surface area contributed by atoms with Gasteiger partial charge in [0, 0.05) is 42.5 Å². The molecular weight excluding hydrogens is 337 g/mol. The van der Waals surface area contributed by atoms with Crippen LogP contribution in [0.5, 0.6) is 0 Å². The number of hydrogen-bond donors (Lipinski definition) is 1. The molecule has 1 radical (unpaired) electrons. The fraction of sp³-hybridized carbons (Fsp3) is 0.941. The summed E-state index contributed by atoms with van der Waals surface area (Å²) in [7, 11) is -3.63. The van der Waals surface area contributed by atoms with E-state index in [0.717, 1.165) is 19.3 Å². The van der Waals surface area contributed by atoms with Crippen molar-refractivity contribution in [1.29, 1.82) is 0 Å². The number of carbonyl (C=O) groups is 1. The summed E-state index contributed by atoms with van der Waals surface area (Å²) >= 11 is 0. The Morgan fingerprint density at radius 1 is 0.875 bits per heavy atom. The summed E-state index contributed by atoms with van der Waals surface area (Å²) < 4.78 is 27.1. The van der Waals surface area contributed by atoms with E-state index < -0.39 is 10.1 Å². The largest absolute Gasteiger partial charge is 0.329 e. The predicted molar refractivity (Wildman–Crippen MR) is 101 cm³/mol. The third kappa shape index (κ3) is 18.9. The SMILES string of the molecule is CCCCCCCCCCCCCC(=O)COS(=O)(=O)CCN.[Na]. The van der Waals surface area contributed by atoms with Crippen LogP contribution in [0.3, 0.4) is 0 Å². The molecule has 0 aromatic carbocycles. The van der Waals surface area contributed by atoms with Crippen molar-refractivity contribution in [3.05, 3.63) is 0 Å². The van der Waals surface area contributed by atoms with Gasteiger partial charge in [-0.05, 0) is 6.42 Å². The summed E-state index contributed by atoms with van der Waals surface area (Å²) in [5.74, 6) is -0.389. The molecule has 139 valence electrons. The van der Waals surface area contributed by atoms with E-state index in [0.29, 0.717) is 6.42 Å². The Kier molecular flexibility index (Phi) is 20.4. The Labute approximate surface area is 170 Å². The molecule has 24 heavy (non-hydrogen) atoms. The molecule has 0 saturated carbocycles. The van der Waals surface area contributed by atoms with Crippen LogP contribution in [0.1, 0.15) is 84.0 Å². The topological polar surface area (TPSA) is 86.5 Å². The quantitative estimate of drug-likeness (QED) is 0.241. The van der Waals surface area contributed by atoms with Crippen LogP contribution in [0, 0.1) is 0 Å². The predicted octanol–water partition coefficient (Wildman–Crippen LogP) is 3.18. The molecule has 0 aromatic heterocycles. The van der Waals surface area contributed by atoms with Gasteiger partial charge >= 0.3 is 0 Å². The first-order chi connectivity index (χ1) is 11.0. The Hall–Kier alpha value is 0.540. The third-order valence-electron chi connectivity index (χ3n) is 3.83. The van der Waals surface area contributed by atoms with E-state index in [1.54, 1.807) is 0 Å². The van der Waals surface area contributed by atoms with Crippen molar-refractivity contribution < 1.29 is 17.4 Å². The first-order valence-electron chi connectivity index (χ1n) is 9.10. The molecule has 5 nitrogen and oxygen atoms in total. The zero-order valence-corrected chi connectivity index (χ0v) is 18.5. The van der Waals surface area contributed by atoms with Crippen molar-refractivity contribution >= 4 is 45.5 Å². The molecule has 2 N–H and O–H groups in total. The average molecular weight is 373 g/mol. The zero-order valence-electron chi connectivity index (χ0n) is 15.7. The van der Waals surface area contributed by atoms with Crippen molar-refractivity contribution in [2.45, 2.75) is 84.0 Å². The molecule has 0 heterocycles. The fourth-order valence-electron chi connectivity index (χ4n) is 2.42. The minimum atomic E-state index is -3.63. The standard InChI is InChI=1S/C17H35NO4S.Na/c1-2-3-4-5-6-7-8-9-10-11-12-13-17(19)16-22-23(20,21)15-14-18;/h2-16,18H2,1H3;. The van der Waals surface area contributed by atoms with Crippen LogP contribution >= 0.6 is 0 Å². The summed E-state index contributed by atoms with van der Waals surface area (Å²) in [6.07, 6.45) is 13.9. The van der Waals surface area contributed by atoms with Gasteiger partial charge in [-0.15, -0.1) is 0 Å². The van der Waals surface area contributed by atoms with Crippen molar-refractivity contribution in [3.63, 3.8) is 0 Å². The Morgan fingerprint density at radius 3 is 1.79 bits per heavy atom. The molecule has 0 aliphatic carbocycles. The average Bonchev–Trinajstić information content (AvgIpc) is 2.50. The van der Waals surface area contributed by atoms with Crippen LogP contribution in [0.4, 0.5) is 0 Å². The van der Waals surface area contributed by atoms with Crippen LogP contribution in [0.2, 0.25) is 0 Å². The molecule has 0 aromatic rings. The maximum atomic E-state index is 11.5. The van der Waals surface area contributed by atoms with Gasteiger partial charge in [0.25, 0.3) is 10.1 Å². The van der Waals surface area contributed by atoms with Gasteiger partial charge in [-0.1, -0.05) is 71.1 Å². The van der Waals surface area contributed by atoms with E-state index in [9.17, 15) is 13.2 Å². The molecule has 0 saturated heterocycles. The first-order valence-corrected chi connectivity index (χ1v) is 10.7. The van der Waals surface area contributed by atoms with E-state index in [1.807, 2.05) is 0 Å². The minimum absolute atomic E-state index is 0. The van der Waals surface area contributed by atoms with Gasteiger partial charge in [-0.2, -0.15) is 8.42 Å². The zero-order chi connectivity index (χ0) is 17.4. The first kappa shape index (κ1) is 26.8. The van der Waals surface area contributed by atoms with Crippen LogP contribution in [-0.2, 0) is 19.1 Å². The second-order valence-electron chi connectivity index (χ2n) is 6.14. The van der Waals surface area contributed by atoms with Crippen molar-refractivity contribution in [2.24, 2.45) is 5.73 Å². The number of ketones is 1. The minimum Gasteiger partial charge on any atom is -0.329 e. The number of carbonyl (C=O) groups excluding carboxylic acids is 1. The van der Waals surface area contributed by atoms with Gasteiger partial charge < -0.3 is 5.73 Å². The molecule has 0 aliphatic heterocycles. The number of unbranched alkanes of at least 4 members (excludes halogenated alkanes) is 10. The summed E-state index contributed by atoms with van der Waals surface area (Å²) in [5, 5.41) is 0. The summed E-state index contributed by atoms with van der Waals surface area (Å²) in [5.41, 5.74) is 5.16. The number of nitrogens with two attached hydrogens (primary N) is 1. The third-order valence-corrected chi connectivity index (χ3v) is 5.04. The Morgan fingerprint density at radius 2 is 1.33 bits per heavy atom. The molecule has 7 heteroatoms. The molecule has 0 atom stereocenters. The molecule has 0 spiro atoms. The van der Waals surface area contributed by atoms with Gasteiger partial charge in [-0.25, -0.2) is 0 Å². The van der Waals surface area contributed by atoms with Gasteiger partial charge in [0.05, 0.1) is 5.75 Å².